The molecule has 22 heavy (non-hydrogen) atoms. The molecule has 2 atom stereocenters. The van der Waals surface area contributed by atoms with E-state index in [1.807, 2.05) is 10.8 Å². The maximum Gasteiger partial charge on any atom is 0.229 e. The topological polar surface area (TPSA) is 84.0 Å². The molecule has 2 aromatic rings. The standard InChI is InChI=1S/C14H16N4O2S2/c19-11(17-13-15-4-6-21-13)9-2-1-3-10(8-9)12(20)18-14-16-5-7-22-14/h4-7,9-10H,1-3,8H2,(H,15,17,19)(H,16,18,20). The SMILES string of the molecule is O=C(Nc1nccs1)C1CCCC(C(=O)Nc2nccs2)C1. The van der Waals surface area contributed by atoms with Crippen LogP contribution in [0, 0.1) is 11.8 Å². The summed E-state index contributed by atoms with van der Waals surface area (Å²) in [5.74, 6) is -0.349. The van der Waals surface area contributed by atoms with Gasteiger partial charge in [0, 0.05) is 35.0 Å². The second-order valence-electron chi connectivity index (χ2n) is 5.21. The molecular weight excluding hydrogens is 320 g/mol. The summed E-state index contributed by atoms with van der Waals surface area (Å²) in [5, 5.41) is 10.5. The molecule has 2 unspecified atom stereocenters. The molecule has 2 aromatic heterocycles. The Morgan fingerprint density at radius 1 is 0.955 bits per heavy atom. The molecule has 1 aliphatic rings. The number of amides is 2. The Hall–Kier alpha value is -1.80. The molecule has 0 radical (unpaired) electrons. The molecule has 2 heterocycles. The Morgan fingerprint density at radius 2 is 1.45 bits per heavy atom. The molecule has 0 saturated heterocycles. The minimum atomic E-state index is -0.135. The van der Waals surface area contributed by atoms with E-state index in [4.69, 9.17) is 0 Å². The largest absolute Gasteiger partial charge is 0.302 e. The van der Waals surface area contributed by atoms with Gasteiger partial charge in [0.05, 0.1) is 0 Å². The molecule has 3 rings (SSSR count). The van der Waals surface area contributed by atoms with Crippen LogP contribution in [0.15, 0.2) is 23.2 Å². The lowest BCUT2D eigenvalue weighted by atomic mass is 9.80. The van der Waals surface area contributed by atoms with Crippen LogP contribution in [0.1, 0.15) is 25.7 Å². The summed E-state index contributed by atoms with van der Waals surface area (Å²) in [7, 11) is 0. The van der Waals surface area contributed by atoms with Crippen LogP contribution in [0.5, 0.6) is 0 Å². The fourth-order valence-electron chi connectivity index (χ4n) is 2.65. The number of carbonyl (C=O) groups is 2. The molecule has 2 N–H and O–H groups in total. The van der Waals surface area contributed by atoms with Crippen molar-refractivity contribution in [1.29, 1.82) is 0 Å². The van der Waals surface area contributed by atoms with Crippen molar-refractivity contribution >= 4 is 44.8 Å². The number of nitrogens with one attached hydrogen (secondary N) is 2. The summed E-state index contributed by atoms with van der Waals surface area (Å²) in [6.07, 6.45) is 6.41. The maximum atomic E-state index is 12.3. The highest BCUT2D eigenvalue weighted by Crippen LogP contribution is 2.31. The van der Waals surface area contributed by atoms with Crippen LogP contribution in [0.4, 0.5) is 10.3 Å². The van der Waals surface area contributed by atoms with Gasteiger partial charge in [-0.15, -0.1) is 22.7 Å². The molecule has 8 heteroatoms. The molecule has 0 aliphatic heterocycles. The van der Waals surface area contributed by atoms with Crippen LogP contribution >= 0.6 is 22.7 Å². The van der Waals surface area contributed by atoms with Gasteiger partial charge in [0.1, 0.15) is 0 Å². The molecule has 6 nitrogen and oxygen atoms in total. The maximum absolute atomic E-state index is 12.3. The lowest BCUT2D eigenvalue weighted by Gasteiger charge is -2.27. The van der Waals surface area contributed by atoms with Crippen LogP contribution in [-0.4, -0.2) is 21.8 Å². The third-order valence-corrected chi connectivity index (χ3v) is 5.12. The predicted octanol–water partition coefficient (Wildman–Crippen LogP) is 2.98. The Kier molecular flexibility index (Phi) is 4.79. The molecule has 1 saturated carbocycles. The van der Waals surface area contributed by atoms with Crippen molar-refractivity contribution in [3.8, 4) is 0 Å². The number of hydrogen-bond donors (Lipinski definition) is 2. The first kappa shape index (κ1) is 15.1. The second kappa shape index (κ2) is 6.97. The third kappa shape index (κ3) is 3.69. The van der Waals surface area contributed by atoms with E-state index < -0.39 is 0 Å². The Bertz CT molecular complexity index is 573. The molecule has 2 amide bonds. The minimum Gasteiger partial charge on any atom is -0.302 e. The first-order valence-electron chi connectivity index (χ1n) is 7.13. The number of anilines is 2. The average molecular weight is 336 g/mol. The zero-order valence-electron chi connectivity index (χ0n) is 11.8. The van der Waals surface area contributed by atoms with Crippen LogP contribution in [0.2, 0.25) is 0 Å². The zero-order valence-corrected chi connectivity index (χ0v) is 13.5. The molecular formula is C14H16N4O2S2. The molecule has 1 aliphatic carbocycles. The highest BCUT2D eigenvalue weighted by Gasteiger charge is 2.31. The van der Waals surface area contributed by atoms with Gasteiger partial charge < -0.3 is 10.6 Å². The van der Waals surface area contributed by atoms with Crippen LogP contribution in [0.25, 0.3) is 0 Å². The van der Waals surface area contributed by atoms with Gasteiger partial charge in [-0.2, -0.15) is 0 Å². The first-order chi connectivity index (χ1) is 10.7. The van der Waals surface area contributed by atoms with E-state index in [1.54, 1.807) is 12.4 Å². The van der Waals surface area contributed by atoms with Gasteiger partial charge in [-0.1, -0.05) is 6.42 Å². The van der Waals surface area contributed by atoms with E-state index in [1.165, 1.54) is 22.7 Å². The van der Waals surface area contributed by atoms with Crippen LogP contribution in [0.3, 0.4) is 0 Å². The Labute approximate surface area is 136 Å². The van der Waals surface area contributed by atoms with E-state index in [0.29, 0.717) is 16.7 Å². The number of nitrogens with zero attached hydrogens (tertiary/aromatic N) is 2. The van der Waals surface area contributed by atoms with Gasteiger partial charge in [0.25, 0.3) is 0 Å². The van der Waals surface area contributed by atoms with E-state index >= 15 is 0 Å². The van der Waals surface area contributed by atoms with Crippen molar-refractivity contribution in [3.63, 3.8) is 0 Å². The van der Waals surface area contributed by atoms with E-state index in [2.05, 4.69) is 20.6 Å². The normalized spacial score (nSPS) is 21.3. The summed E-state index contributed by atoms with van der Waals surface area (Å²) in [5.41, 5.74) is 0. The van der Waals surface area contributed by atoms with Gasteiger partial charge in [-0.3, -0.25) is 9.59 Å². The van der Waals surface area contributed by atoms with Gasteiger partial charge in [0.15, 0.2) is 10.3 Å². The first-order valence-corrected chi connectivity index (χ1v) is 8.89. The molecule has 0 spiro atoms. The number of carbonyl (C=O) groups excluding carboxylic acids is 2. The quantitative estimate of drug-likeness (QED) is 0.899. The molecule has 0 bridgehead atoms. The lowest BCUT2D eigenvalue weighted by Crippen LogP contribution is -2.33. The smallest absolute Gasteiger partial charge is 0.229 e. The summed E-state index contributed by atoms with van der Waals surface area (Å²) < 4.78 is 0. The van der Waals surface area contributed by atoms with Gasteiger partial charge in [0.2, 0.25) is 11.8 Å². The van der Waals surface area contributed by atoms with Gasteiger partial charge >= 0.3 is 0 Å². The Morgan fingerprint density at radius 3 is 1.86 bits per heavy atom. The van der Waals surface area contributed by atoms with Crippen molar-refractivity contribution in [2.45, 2.75) is 25.7 Å². The number of hydrogen-bond acceptors (Lipinski definition) is 6. The highest BCUT2D eigenvalue weighted by atomic mass is 32.1. The van der Waals surface area contributed by atoms with E-state index in [-0.39, 0.29) is 23.7 Å². The lowest BCUT2D eigenvalue weighted by molar-refractivity contribution is -0.124. The fraction of sp³-hybridized carbons (Fsp3) is 0.429. The van der Waals surface area contributed by atoms with E-state index in [9.17, 15) is 9.59 Å². The third-order valence-electron chi connectivity index (χ3n) is 3.74. The average Bonchev–Trinajstić information content (AvgIpc) is 3.21. The van der Waals surface area contributed by atoms with Crippen LogP contribution in [-0.2, 0) is 9.59 Å². The number of aromatic nitrogens is 2. The summed E-state index contributed by atoms with van der Waals surface area (Å²) in [4.78, 5) is 32.6. The molecule has 116 valence electrons. The second-order valence-corrected chi connectivity index (χ2v) is 7.00. The van der Waals surface area contributed by atoms with Gasteiger partial charge in [-0.05, 0) is 19.3 Å². The number of thiazole rings is 2. The number of rotatable bonds is 4. The van der Waals surface area contributed by atoms with Crippen molar-refractivity contribution in [1.82, 2.24) is 9.97 Å². The molecule has 0 aromatic carbocycles. The van der Waals surface area contributed by atoms with E-state index in [0.717, 1.165) is 19.3 Å². The predicted molar refractivity (Wildman–Crippen MR) is 86.9 cm³/mol. The summed E-state index contributed by atoms with van der Waals surface area (Å²) in [6, 6.07) is 0. The zero-order chi connectivity index (χ0) is 15.4. The summed E-state index contributed by atoms with van der Waals surface area (Å²) >= 11 is 2.79. The summed E-state index contributed by atoms with van der Waals surface area (Å²) in [6.45, 7) is 0. The molecule has 1 fully saturated rings. The fourth-order valence-corrected chi connectivity index (χ4v) is 3.72. The monoisotopic (exact) mass is 336 g/mol. The van der Waals surface area contributed by atoms with Crippen molar-refractivity contribution in [2.24, 2.45) is 11.8 Å². The minimum absolute atomic E-state index is 0.0401. The van der Waals surface area contributed by atoms with Crippen molar-refractivity contribution < 1.29 is 9.59 Å². The van der Waals surface area contributed by atoms with Crippen molar-refractivity contribution in [3.05, 3.63) is 23.2 Å². The Balaban J connectivity index is 1.56. The van der Waals surface area contributed by atoms with Crippen molar-refractivity contribution in [2.75, 3.05) is 10.6 Å². The highest BCUT2D eigenvalue weighted by molar-refractivity contribution is 7.14. The van der Waals surface area contributed by atoms with Gasteiger partial charge in [-0.25, -0.2) is 9.97 Å². The van der Waals surface area contributed by atoms with Crippen LogP contribution < -0.4 is 10.6 Å².